The van der Waals surface area contributed by atoms with E-state index in [2.05, 4.69) is 0 Å². The van der Waals surface area contributed by atoms with Gasteiger partial charge in [-0.15, -0.1) is 47.0 Å². The molecule has 0 spiro atoms. The molecular weight excluding hydrogens is 436 g/mol. The molecule has 0 bridgehead atoms. The third-order valence-corrected chi connectivity index (χ3v) is 15.4. The zero-order valence-corrected chi connectivity index (χ0v) is 17.6. The summed E-state index contributed by atoms with van der Waals surface area (Å²) in [4.78, 5) is 0. The monoisotopic (exact) mass is 446 g/mol. The molecule has 0 unspecified atom stereocenters. The summed E-state index contributed by atoms with van der Waals surface area (Å²) in [6, 6.07) is 0. The summed E-state index contributed by atoms with van der Waals surface area (Å²) in [6.07, 6.45) is -0.842. The molecule has 1 N–H and O–H groups in total. The Balaban J connectivity index is 1.45. The number of aliphatic hydroxyl groups is 1. The standard InChI is InChI=1S/C12H11FOS8/c13-3-5(14)6-4-17-9-10(18-6)22-12(21-9)11-19-7-8(20-11)16-2-1-15-7/h5-6,14H,1-4H2/t5-,6+/m0/s1. The maximum Gasteiger partial charge on any atom is 0.116 e. The van der Waals surface area contributed by atoms with E-state index >= 15 is 0 Å². The van der Waals surface area contributed by atoms with Gasteiger partial charge in [0.2, 0.25) is 0 Å². The van der Waals surface area contributed by atoms with Gasteiger partial charge in [0.05, 0.1) is 31.5 Å². The molecule has 0 aromatic rings. The van der Waals surface area contributed by atoms with Crippen molar-refractivity contribution < 1.29 is 9.50 Å². The Kier molecular flexibility index (Phi) is 6.03. The molecule has 4 aliphatic rings. The number of halogens is 1. The van der Waals surface area contributed by atoms with Crippen molar-refractivity contribution in [2.45, 2.75) is 11.4 Å². The molecule has 4 rings (SSSR count). The minimum atomic E-state index is -0.842. The third kappa shape index (κ3) is 3.56. The lowest BCUT2D eigenvalue weighted by atomic mass is 10.3. The third-order valence-electron chi connectivity index (χ3n) is 3.02. The number of hydrogen-bond acceptors (Lipinski definition) is 9. The van der Waals surface area contributed by atoms with E-state index in [0.29, 0.717) is 0 Å². The van der Waals surface area contributed by atoms with Crippen LogP contribution in [0.5, 0.6) is 0 Å². The lowest BCUT2D eigenvalue weighted by molar-refractivity contribution is 0.142. The second kappa shape index (κ2) is 7.65. The molecule has 2 atom stereocenters. The van der Waals surface area contributed by atoms with Crippen LogP contribution < -0.4 is 0 Å². The fourth-order valence-electron chi connectivity index (χ4n) is 1.94. The summed E-state index contributed by atoms with van der Waals surface area (Å²) in [5.74, 6) is 3.22. The van der Waals surface area contributed by atoms with E-state index in [0.717, 1.165) is 5.75 Å². The molecule has 22 heavy (non-hydrogen) atoms. The van der Waals surface area contributed by atoms with Gasteiger partial charge in [0.15, 0.2) is 0 Å². The van der Waals surface area contributed by atoms with Crippen molar-refractivity contribution in [2.24, 2.45) is 0 Å². The first-order chi connectivity index (χ1) is 10.7. The zero-order chi connectivity index (χ0) is 15.1. The molecule has 0 aromatic carbocycles. The number of alkyl halides is 1. The summed E-state index contributed by atoms with van der Waals surface area (Å²) in [5.41, 5.74) is 0. The second-order valence-electron chi connectivity index (χ2n) is 4.52. The number of thioether (sulfide) groups is 8. The highest BCUT2D eigenvalue weighted by Gasteiger charge is 2.36. The van der Waals surface area contributed by atoms with E-state index in [4.69, 9.17) is 0 Å². The first-order valence-corrected chi connectivity index (χ1v) is 13.6. The average molecular weight is 447 g/mol. The molecule has 4 aliphatic heterocycles. The molecule has 0 radical (unpaired) electrons. The molecule has 4 heterocycles. The number of aliphatic hydroxyl groups excluding tert-OH is 1. The summed E-state index contributed by atoms with van der Waals surface area (Å²) >= 11 is 14.9. The maximum atomic E-state index is 12.7. The van der Waals surface area contributed by atoms with Gasteiger partial charge >= 0.3 is 0 Å². The van der Waals surface area contributed by atoms with Crippen LogP contribution in [0.15, 0.2) is 25.4 Å². The van der Waals surface area contributed by atoms with Gasteiger partial charge in [0, 0.05) is 22.5 Å². The molecule has 0 aromatic heterocycles. The van der Waals surface area contributed by atoms with E-state index < -0.39 is 12.8 Å². The highest BCUT2D eigenvalue weighted by molar-refractivity contribution is 8.45. The molecule has 0 fully saturated rings. The SMILES string of the molecule is O[C@@H](CF)[C@H]1CSC2=C(SC(=C3SC4=C(SCCS4)S3)S2)S1. The molecule has 0 aliphatic carbocycles. The highest BCUT2D eigenvalue weighted by Crippen LogP contribution is 2.68. The van der Waals surface area contributed by atoms with Gasteiger partial charge in [-0.05, 0) is 0 Å². The fraction of sp³-hybridized carbons (Fsp3) is 0.500. The van der Waals surface area contributed by atoms with Crippen molar-refractivity contribution in [3.05, 3.63) is 25.4 Å². The topological polar surface area (TPSA) is 20.2 Å². The van der Waals surface area contributed by atoms with Crippen LogP contribution in [0.3, 0.4) is 0 Å². The minimum Gasteiger partial charge on any atom is -0.389 e. The Morgan fingerprint density at radius 3 is 2.00 bits per heavy atom. The second-order valence-corrected chi connectivity index (χ2v) is 14.6. The number of rotatable bonds is 2. The Hall–Kier alpha value is 1.91. The molecule has 10 heteroatoms. The Morgan fingerprint density at radius 2 is 1.41 bits per heavy atom. The smallest absolute Gasteiger partial charge is 0.116 e. The Morgan fingerprint density at radius 1 is 0.864 bits per heavy atom. The van der Waals surface area contributed by atoms with Crippen molar-refractivity contribution in [3.8, 4) is 0 Å². The van der Waals surface area contributed by atoms with Crippen molar-refractivity contribution in [3.63, 3.8) is 0 Å². The van der Waals surface area contributed by atoms with Crippen LogP contribution in [0.2, 0.25) is 0 Å². The molecule has 120 valence electrons. The summed E-state index contributed by atoms with van der Waals surface area (Å²) in [5, 5.41) is 9.72. The van der Waals surface area contributed by atoms with Gasteiger partial charge in [0.1, 0.15) is 6.67 Å². The number of hydrogen-bond donors (Lipinski definition) is 1. The van der Waals surface area contributed by atoms with Crippen LogP contribution in [0.1, 0.15) is 0 Å². The van der Waals surface area contributed by atoms with E-state index in [1.807, 2.05) is 70.6 Å². The van der Waals surface area contributed by atoms with Gasteiger partial charge in [-0.25, -0.2) is 4.39 Å². The lowest BCUT2D eigenvalue weighted by Gasteiger charge is -2.24. The van der Waals surface area contributed by atoms with Gasteiger partial charge < -0.3 is 5.11 Å². The van der Waals surface area contributed by atoms with E-state index in [1.165, 1.54) is 36.9 Å². The zero-order valence-electron chi connectivity index (χ0n) is 11.1. The molecule has 0 saturated carbocycles. The Bertz CT molecular complexity index is 566. The average Bonchev–Trinajstić information content (AvgIpc) is 3.16. The normalized spacial score (nSPS) is 30.0. The summed E-state index contributed by atoms with van der Waals surface area (Å²) in [6.45, 7) is -0.649. The summed E-state index contributed by atoms with van der Waals surface area (Å²) < 4.78 is 21.0. The molecule has 0 amide bonds. The minimum absolute atomic E-state index is 0.0208. The van der Waals surface area contributed by atoms with Crippen LogP contribution in [-0.4, -0.2) is 40.4 Å². The molecular formula is C12H11FOS8. The Labute approximate surface area is 163 Å². The first kappa shape index (κ1) is 17.3. The van der Waals surface area contributed by atoms with Gasteiger partial charge in [-0.1, -0.05) is 47.0 Å². The maximum absolute atomic E-state index is 12.7. The van der Waals surface area contributed by atoms with E-state index in [1.54, 1.807) is 23.5 Å². The molecule has 0 saturated heterocycles. The first-order valence-electron chi connectivity index (χ1n) is 6.48. The van der Waals surface area contributed by atoms with E-state index in [-0.39, 0.29) is 5.25 Å². The van der Waals surface area contributed by atoms with Crippen LogP contribution in [0.4, 0.5) is 4.39 Å². The van der Waals surface area contributed by atoms with Crippen LogP contribution >= 0.6 is 94.1 Å². The van der Waals surface area contributed by atoms with Crippen LogP contribution in [-0.2, 0) is 0 Å². The quantitative estimate of drug-likeness (QED) is 0.547. The van der Waals surface area contributed by atoms with Crippen molar-refractivity contribution in [1.82, 2.24) is 0 Å². The molecule has 1 nitrogen and oxygen atoms in total. The van der Waals surface area contributed by atoms with Gasteiger partial charge in [-0.2, -0.15) is 0 Å². The van der Waals surface area contributed by atoms with Crippen molar-refractivity contribution in [1.29, 1.82) is 0 Å². The van der Waals surface area contributed by atoms with Crippen molar-refractivity contribution in [2.75, 3.05) is 23.9 Å². The van der Waals surface area contributed by atoms with E-state index in [9.17, 15) is 9.50 Å². The fourth-order valence-corrected chi connectivity index (χ4v) is 14.6. The van der Waals surface area contributed by atoms with Crippen LogP contribution in [0, 0.1) is 0 Å². The predicted octanol–water partition coefficient (Wildman–Crippen LogP) is 5.99. The highest BCUT2D eigenvalue weighted by atomic mass is 32.3. The van der Waals surface area contributed by atoms with Crippen molar-refractivity contribution >= 4 is 94.1 Å². The van der Waals surface area contributed by atoms with Crippen LogP contribution in [0.25, 0.3) is 0 Å². The lowest BCUT2D eigenvalue weighted by Crippen LogP contribution is -2.28. The van der Waals surface area contributed by atoms with Gasteiger partial charge in [0.25, 0.3) is 0 Å². The largest absolute Gasteiger partial charge is 0.389 e. The summed E-state index contributed by atoms with van der Waals surface area (Å²) in [7, 11) is 0. The predicted molar refractivity (Wildman–Crippen MR) is 112 cm³/mol. The van der Waals surface area contributed by atoms with Gasteiger partial charge in [-0.3, -0.25) is 0 Å².